The predicted octanol–water partition coefficient (Wildman–Crippen LogP) is 0.968. The molecular weight excluding hydrogens is 575 g/mol. The van der Waals surface area contributed by atoms with E-state index in [2.05, 4.69) is 5.32 Å². The van der Waals surface area contributed by atoms with Crippen molar-refractivity contribution in [1.82, 2.24) is 4.58 Å². The monoisotopic (exact) mass is 610 g/mol. The number of para-hydroxylation sites is 1. The van der Waals surface area contributed by atoms with Gasteiger partial charge in [0.1, 0.15) is 24.6 Å². The number of fused-ring (bicyclic) bond motifs is 1. The number of hydrogen-bond acceptors (Lipinski definition) is 8. The molecule has 0 radical (unpaired) electrons. The molecule has 0 spiro atoms. The van der Waals surface area contributed by atoms with Crippen LogP contribution in [0.5, 0.6) is 0 Å². The van der Waals surface area contributed by atoms with Crippen LogP contribution in [0.3, 0.4) is 0 Å². The van der Waals surface area contributed by atoms with Crippen LogP contribution in [0.2, 0.25) is 0 Å². The van der Waals surface area contributed by atoms with Crippen molar-refractivity contribution in [2.45, 2.75) is 39.0 Å². The molecule has 2 aliphatic rings. The molecule has 41 heavy (non-hydrogen) atoms. The van der Waals surface area contributed by atoms with Crippen molar-refractivity contribution in [1.29, 1.82) is 0 Å². The molecule has 0 bridgehead atoms. The van der Waals surface area contributed by atoms with Gasteiger partial charge in [-0.3, -0.25) is 0 Å². The van der Waals surface area contributed by atoms with Crippen LogP contribution in [0.1, 0.15) is 44.9 Å². The van der Waals surface area contributed by atoms with E-state index in [-0.39, 0.29) is 60.9 Å². The Balaban J connectivity index is 0.00000588. The van der Waals surface area contributed by atoms with Gasteiger partial charge in [-0.25, -0.2) is 21.4 Å². The van der Waals surface area contributed by atoms with Gasteiger partial charge < -0.3 is 18.8 Å². The van der Waals surface area contributed by atoms with Gasteiger partial charge in [0, 0.05) is 53.3 Å². The van der Waals surface area contributed by atoms with Crippen LogP contribution in [0.4, 0.5) is 5.69 Å². The van der Waals surface area contributed by atoms with E-state index in [9.17, 15) is 25.9 Å². The van der Waals surface area contributed by atoms with Crippen molar-refractivity contribution in [3.05, 3.63) is 89.6 Å². The maximum atomic E-state index is 11.1. The van der Waals surface area contributed by atoms with Crippen LogP contribution >= 0.6 is 0 Å². The molecule has 0 atom stereocenters. The number of allylic oxidation sites excluding steroid dienone is 2. The third-order valence-electron chi connectivity index (χ3n) is 6.04. The van der Waals surface area contributed by atoms with Crippen LogP contribution < -0.4 is 44.8 Å². The molecule has 0 unspecified atom stereocenters. The van der Waals surface area contributed by atoms with E-state index in [1.807, 2.05) is 99.8 Å². The van der Waals surface area contributed by atoms with Gasteiger partial charge in [0.25, 0.3) is 0 Å². The molecule has 3 rings (SSSR count). The summed E-state index contributed by atoms with van der Waals surface area (Å²) in [5.74, 6) is 0.257. The zero-order valence-corrected chi connectivity index (χ0v) is 27.5. The minimum Gasteiger partial charge on any atom is -0.748 e. The van der Waals surface area contributed by atoms with Crippen LogP contribution in [0, 0.1) is 0 Å². The standard InChI is InChI=1S/C29H36N2O7S2.Na/c1-29(2,3)28-21-23(11-7-8-16-30-24-12-5-4-6-13-24)26-15-14-25(22-27(26)38-28)31(17-9-19-39(32,33)34)18-10-20-40(35,36)37;/h4-8,11-16,21-22H,9-10,17-20H2,1-3H3,(H2,32,33,34,35,36,37);/q;+1/p-1. The Bertz CT molecular complexity index is 1570. The fraction of sp³-hybridized carbons (Fsp3) is 0.345. The molecule has 12 heteroatoms. The topological polar surface area (TPSA) is 143 Å². The molecule has 1 aliphatic carbocycles. The summed E-state index contributed by atoms with van der Waals surface area (Å²) >= 11 is 0. The maximum Gasteiger partial charge on any atom is 1.00 e. The van der Waals surface area contributed by atoms with Gasteiger partial charge in [0.15, 0.2) is 0 Å². The minimum absolute atomic E-state index is 0. The molecule has 0 aromatic heterocycles. The number of rotatable bonds is 12. The summed E-state index contributed by atoms with van der Waals surface area (Å²) in [4.78, 5) is 0. The first-order chi connectivity index (χ1) is 18.7. The van der Waals surface area contributed by atoms with Gasteiger partial charge in [-0.05, 0) is 35.9 Å². The normalized spacial score (nSPS) is 12.6. The first-order valence-electron chi connectivity index (χ1n) is 12.9. The zero-order valence-electron chi connectivity index (χ0n) is 23.9. The summed E-state index contributed by atoms with van der Waals surface area (Å²) in [6.45, 7) is 6.50. The summed E-state index contributed by atoms with van der Waals surface area (Å²) in [5, 5.41) is 3.87. The molecule has 1 aromatic carbocycles. The number of nitrogens with zero attached hydrogens (tertiary/aromatic N) is 1. The van der Waals surface area contributed by atoms with Crippen molar-refractivity contribution < 1.29 is 59.9 Å². The molecule has 216 valence electrons. The Morgan fingerprint density at radius 1 is 0.878 bits per heavy atom. The largest absolute Gasteiger partial charge is 1.00 e. The van der Waals surface area contributed by atoms with E-state index in [0.717, 1.165) is 22.6 Å². The van der Waals surface area contributed by atoms with Crippen LogP contribution in [0.25, 0.3) is 17.4 Å². The quantitative estimate of drug-likeness (QED) is 0.138. The second kappa shape index (κ2) is 15.3. The molecule has 0 fully saturated rings. The molecule has 1 N–H and O–H groups in total. The average molecular weight is 611 g/mol. The molecule has 0 amide bonds. The number of anilines is 1. The van der Waals surface area contributed by atoms with E-state index in [1.165, 1.54) is 0 Å². The molecule has 1 heterocycles. The summed E-state index contributed by atoms with van der Waals surface area (Å²) in [6.07, 6.45) is 7.75. The fourth-order valence-electron chi connectivity index (χ4n) is 4.03. The molecule has 1 aromatic rings. The SMILES string of the molecule is CC(C)(C)c1cc(/C=C/C=C/Nc2ccccc2)c2ccc(=[N+](CCCS(=O)(=O)[O-])CCCS(=O)(=O)[O-])cc-2o1.[Na+]. The molecule has 0 saturated heterocycles. The minimum atomic E-state index is -4.40. The van der Waals surface area contributed by atoms with E-state index < -0.39 is 31.7 Å². The van der Waals surface area contributed by atoms with Gasteiger partial charge in [-0.15, -0.1) is 0 Å². The summed E-state index contributed by atoms with van der Waals surface area (Å²) in [6, 6.07) is 17.3. The Morgan fingerprint density at radius 3 is 2.05 bits per heavy atom. The summed E-state index contributed by atoms with van der Waals surface area (Å²) in [7, 11) is -8.79. The average Bonchev–Trinajstić information content (AvgIpc) is 2.85. The second-order valence-corrected chi connectivity index (χ2v) is 13.5. The van der Waals surface area contributed by atoms with E-state index in [4.69, 9.17) is 4.42 Å². The molecule has 0 saturated carbocycles. The zero-order chi connectivity index (χ0) is 29.4. The Labute approximate surface area is 264 Å². The molecular formula is C29H35N2NaO7S2. The third-order valence-corrected chi connectivity index (χ3v) is 7.62. The van der Waals surface area contributed by atoms with Crippen molar-refractivity contribution in [3.8, 4) is 11.3 Å². The Kier molecular flexibility index (Phi) is 13.0. The van der Waals surface area contributed by atoms with Crippen molar-refractivity contribution in [2.24, 2.45) is 0 Å². The second-order valence-electron chi connectivity index (χ2n) is 10.4. The van der Waals surface area contributed by atoms with Gasteiger partial charge in [-0.2, -0.15) is 0 Å². The fourth-order valence-corrected chi connectivity index (χ4v) is 5.00. The first kappa shape index (κ1) is 34.9. The number of nitrogens with one attached hydrogen (secondary N) is 1. The first-order valence-corrected chi connectivity index (χ1v) is 16.0. The predicted molar refractivity (Wildman–Crippen MR) is 156 cm³/mol. The van der Waals surface area contributed by atoms with Gasteiger partial charge in [0.2, 0.25) is 5.36 Å². The summed E-state index contributed by atoms with van der Waals surface area (Å²) in [5.41, 5.74) is 2.47. The van der Waals surface area contributed by atoms with Gasteiger partial charge in [0.05, 0.1) is 26.3 Å². The molecule has 1 aliphatic heterocycles. The number of hydrogen-bond donors (Lipinski definition) is 1. The number of benzene rings is 2. The van der Waals surface area contributed by atoms with Crippen LogP contribution in [0.15, 0.2) is 77.4 Å². The van der Waals surface area contributed by atoms with E-state index >= 15 is 0 Å². The van der Waals surface area contributed by atoms with E-state index in [0.29, 0.717) is 11.1 Å². The Hall–Kier alpha value is -2.25. The van der Waals surface area contributed by atoms with Crippen molar-refractivity contribution in [2.75, 3.05) is 29.9 Å². The van der Waals surface area contributed by atoms with E-state index in [1.54, 1.807) is 4.58 Å². The smallest absolute Gasteiger partial charge is 0.748 e. The summed E-state index contributed by atoms with van der Waals surface area (Å²) < 4.78 is 74.7. The molecule has 9 nitrogen and oxygen atoms in total. The van der Waals surface area contributed by atoms with Crippen LogP contribution in [-0.2, 0) is 25.7 Å². The Morgan fingerprint density at radius 2 is 1.49 bits per heavy atom. The van der Waals surface area contributed by atoms with Crippen LogP contribution in [-0.4, -0.2) is 50.5 Å². The van der Waals surface area contributed by atoms with Gasteiger partial charge >= 0.3 is 29.6 Å². The van der Waals surface area contributed by atoms with Gasteiger partial charge in [-0.1, -0.05) is 51.1 Å². The van der Waals surface area contributed by atoms with Crippen molar-refractivity contribution in [3.63, 3.8) is 0 Å². The third kappa shape index (κ3) is 12.3. The maximum absolute atomic E-state index is 11.1. The van der Waals surface area contributed by atoms with Crippen molar-refractivity contribution >= 4 is 32.0 Å².